The van der Waals surface area contributed by atoms with Crippen molar-refractivity contribution in [2.45, 2.75) is 9.79 Å². The van der Waals surface area contributed by atoms with Crippen molar-refractivity contribution in [3.8, 4) is 11.5 Å². The number of carboxylic acid groups (broad SMARTS) is 2. The van der Waals surface area contributed by atoms with Crippen molar-refractivity contribution < 1.29 is 154 Å². The van der Waals surface area contributed by atoms with E-state index in [2.05, 4.69) is 20.5 Å². The number of amides is 2. The number of aromatic hydroxyl groups is 2. The molecular weight excluding hydrogens is 950 g/mol. The fraction of sp³-hybridized carbons (Fsp3) is 0. The van der Waals surface area contributed by atoms with Gasteiger partial charge < -0.3 is 31.1 Å². The van der Waals surface area contributed by atoms with Crippen LogP contribution < -0.4 is 69.7 Å². The molecule has 0 heterocycles. The SMILES string of the molecule is O=C(Nc1c(S(=O)(=O)O)cc2cc(N=Nc3ccccc3C(=O)O)ccc2c1O)Nc1c(S(=O)(=O)O)cc2cc(N=Nc3ccccc3C(=O)O)ccc2c1O.[Cu].[Cu].[Na+].[Na+]. The third-order valence-corrected chi connectivity index (χ3v) is 9.72. The molecule has 0 fully saturated rings. The fourth-order valence-corrected chi connectivity index (χ4v) is 6.80. The molecule has 0 aliphatic carbocycles. The summed E-state index contributed by atoms with van der Waals surface area (Å²) in [5.41, 5.74) is -1.87. The first kappa shape index (κ1) is 51.8. The van der Waals surface area contributed by atoms with Gasteiger partial charge in [0.15, 0.2) is 0 Å². The molecule has 19 nitrogen and oxygen atoms in total. The molecule has 2 amide bonds. The van der Waals surface area contributed by atoms with E-state index in [9.17, 15) is 60.8 Å². The molecule has 6 aromatic rings. The number of fused-ring (bicyclic) bond motifs is 2. The van der Waals surface area contributed by atoms with Crippen molar-refractivity contribution in [2.75, 3.05) is 10.6 Å². The minimum Gasteiger partial charge on any atom is -0.505 e. The molecule has 6 aromatic carbocycles. The number of benzene rings is 6. The van der Waals surface area contributed by atoms with E-state index in [0.717, 1.165) is 12.1 Å². The van der Waals surface area contributed by atoms with Crippen LogP contribution in [0.1, 0.15) is 20.7 Å². The number of aromatic carboxylic acids is 2. The Balaban J connectivity index is 0.00000310. The van der Waals surface area contributed by atoms with Crippen LogP contribution in [0, 0.1) is 0 Å². The number of urea groups is 1. The molecule has 0 saturated carbocycles. The number of hydrogen-bond donors (Lipinski definition) is 8. The molecule has 0 aliphatic heterocycles. The zero-order valence-electron chi connectivity index (χ0n) is 30.5. The van der Waals surface area contributed by atoms with Crippen LogP contribution in [0.5, 0.6) is 11.5 Å². The van der Waals surface area contributed by atoms with Gasteiger partial charge in [-0.1, -0.05) is 24.3 Å². The quantitative estimate of drug-likeness (QED) is 0.0421. The number of carbonyl (C=O) groups excluding carboxylic acids is 1. The average molecular weight is 974 g/mol. The third kappa shape index (κ3) is 11.5. The predicted molar refractivity (Wildman–Crippen MR) is 199 cm³/mol. The second kappa shape index (κ2) is 21.0. The number of phenols is 2. The van der Waals surface area contributed by atoms with Crippen LogP contribution in [0.3, 0.4) is 0 Å². The van der Waals surface area contributed by atoms with Gasteiger partial charge in [0, 0.05) is 44.9 Å². The molecule has 0 bridgehead atoms. The van der Waals surface area contributed by atoms with Crippen LogP contribution in [-0.4, -0.2) is 64.3 Å². The van der Waals surface area contributed by atoms with Gasteiger partial charge in [-0.25, -0.2) is 14.4 Å². The number of phenolic OH excluding ortho intramolecular Hbond substituents is 2. The van der Waals surface area contributed by atoms with Gasteiger partial charge in [0.25, 0.3) is 20.2 Å². The maximum absolute atomic E-state index is 13.3. The molecule has 0 spiro atoms. The van der Waals surface area contributed by atoms with E-state index < -0.39 is 70.9 Å². The summed E-state index contributed by atoms with van der Waals surface area (Å²) in [5, 5.41) is 60.5. The van der Waals surface area contributed by atoms with Gasteiger partial charge in [0.2, 0.25) is 0 Å². The molecule has 0 aliphatic rings. The third-order valence-electron chi connectivity index (χ3n) is 7.97. The topological polar surface area (TPSA) is 314 Å². The number of anilines is 2. The fourth-order valence-electron chi connectivity index (χ4n) is 5.44. The summed E-state index contributed by atoms with van der Waals surface area (Å²) >= 11 is 0. The second-order valence-electron chi connectivity index (χ2n) is 11.6. The predicted octanol–water partition coefficient (Wildman–Crippen LogP) is 1.77. The number of nitrogens with one attached hydrogen (secondary N) is 2. The summed E-state index contributed by atoms with van der Waals surface area (Å²) < 4.78 is 69.9. The molecule has 8 N–H and O–H groups in total. The van der Waals surface area contributed by atoms with Gasteiger partial charge in [-0.2, -0.15) is 27.1 Å². The number of carbonyl (C=O) groups is 3. The van der Waals surface area contributed by atoms with Gasteiger partial charge in [0.1, 0.15) is 44.0 Å². The standard InChI is InChI=1S/C35H24N6O13S2.2Cu.2Na/c42-31-21-11-9-19(38-40-25-7-3-1-5-23(25)33(44)45)13-17(21)15-27(55(49,50)51)29(31)36-35(48)37-30-28(56(52,53)54)16-18-14-20(10-12-22(18)32(30)43)39-41-26-8-4-2-6-24(26)34(46)47;;;;/h1-16,42-43H,(H,44,45)(H,46,47)(H2,36,37,48)(H,49,50,51)(H,52,53,54);;;;/q;;;2*+1. The van der Waals surface area contributed by atoms with Crippen molar-refractivity contribution in [3.05, 3.63) is 108 Å². The van der Waals surface area contributed by atoms with E-state index in [-0.39, 0.29) is 149 Å². The van der Waals surface area contributed by atoms with Crippen molar-refractivity contribution in [1.29, 1.82) is 0 Å². The van der Waals surface area contributed by atoms with Crippen molar-refractivity contribution in [2.24, 2.45) is 20.5 Å². The zero-order valence-corrected chi connectivity index (χ0v) is 38.0. The number of hydrogen-bond acceptors (Lipinski definition) is 13. The minimum atomic E-state index is -5.20. The van der Waals surface area contributed by atoms with Gasteiger partial charge in [-0.15, -0.1) is 10.2 Å². The van der Waals surface area contributed by atoms with Crippen molar-refractivity contribution >= 4 is 93.9 Å². The van der Waals surface area contributed by atoms with E-state index >= 15 is 0 Å². The number of carboxylic acids is 2. The molecule has 25 heteroatoms. The van der Waals surface area contributed by atoms with E-state index in [1.807, 2.05) is 10.6 Å². The summed E-state index contributed by atoms with van der Waals surface area (Å²) in [6, 6.07) is 19.4. The van der Waals surface area contributed by atoms with Crippen LogP contribution >= 0.6 is 0 Å². The van der Waals surface area contributed by atoms with Crippen LogP contribution in [0.25, 0.3) is 21.5 Å². The van der Waals surface area contributed by atoms with Crippen molar-refractivity contribution in [3.63, 3.8) is 0 Å². The van der Waals surface area contributed by atoms with E-state index in [1.54, 1.807) is 0 Å². The maximum atomic E-state index is 13.3. The van der Waals surface area contributed by atoms with Gasteiger partial charge in [0.05, 0.1) is 22.5 Å². The zero-order chi connectivity index (χ0) is 40.5. The monoisotopic (exact) mass is 972 g/mol. The molecule has 0 saturated heterocycles. The Kier molecular flexibility index (Phi) is 18.1. The first-order valence-electron chi connectivity index (χ1n) is 15.5. The van der Waals surface area contributed by atoms with Crippen LogP contribution in [0.2, 0.25) is 0 Å². The molecule has 0 unspecified atom stereocenters. The average Bonchev–Trinajstić information content (AvgIpc) is 3.14. The summed E-state index contributed by atoms with van der Waals surface area (Å²) in [6.07, 6.45) is 0. The Morgan fingerprint density at radius 3 is 1.20 bits per heavy atom. The Morgan fingerprint density at radius 2 is 0.867 bits per heavy atom. The normalized spacial score (nSPS) is 11.2. The van der Waals surface area contributed by atoms with E-state index in [4.69, 9.17) is 0 Å². The van der Waals surface area contributed by atoms with E-state index in [0.29, 0.717) is 0 Å². The first-order chi connectivity index (χ1) is 26.4. The largest absolute Gasteiger partial charge is 1.00 e. The Morgan fingerprint density at radius 1 is 0.517 bits per heavy atom. The molecule has 0 aromatic heterocycles. The Hall–Kier alpha value is -4.29. The maximum Gasteiger partial charge on any atom is 1.00 e. The second-order valence-corrected chi connectivity index (χ2v) is 14.4. The summed E-state index contributed by atoms with van der Waals surface area (Å²) in [7, 11) is -10.4. The molecular formula is C35H24Cu2N6Na2O13S2+2. The van der Waals surface area contributed by atoms with Gasteiger partial charge in [-0.05, 0) is 83.6 Å². The van der Waals surface area contributed by atoms with Crippen LogP contribution in [0.15, 0.2) is 127 Å². The first-order valence-corrected chi connectivity index (χ1v) is 18.4. The molecule has 0 atom stereocenters. The number of azo groups is 2. The summed E-state index contributed by atoms with van der Waals surface area (Å²) in [5.74, 6) is -4.27. The minimum absolute atomic E-state index is 0. The summed E-state index contributed by atoms with van der Waals surface area (Å²) in [6.45, 7) is 0. The smallest absolute Gasteiger partial charge is 0.505 e. The number of rotatable bonds is 10. The number of nitrogens with zero attached hydrogens (tertiary/aromatic N) is 4. The van der Waals surface area contributed by atoms with Crippen LogP contribution in [-0.2, 0) is 54.4 Å². The van der Waals surface area contributed by atoms with Gasteiger partial charge >= 0.3 is 77.1 Å². The molecule has 6 rings (SSSR count). The molecule has 60 heavy (non-hydrogen) atoms. The van der Waals surface area contributed by atoms with Gasteiger partial charge in [-0.3, -0.25) is 9.11 Å². The van der Waals surface area contributed by atoms with Crippen molar-refractivity contribution in [1.82, 2.24) is 0 Å². The molecule has 306 valence electrons. The van der Waals surface area contributed by atoms with E-state index in [1.165, 1.54) is 84.9 Å². The Labute approximate surface area is 404 Å². The molecule has 2 radical (unpaired) electrons. The summed E-state index contributed by atoms with van der Waals surface area (Å²) in [4.78, 5) is 34.2. The Bertz CT molecular complexity index is 2760. The van der Waals surface area contributed by atoms with Crippen LogP contribution in [0.4, 0.5) is 38.9 Å².